The van der Waals surface area contributed by atoms with Gasteiger partial charge in [-0.2, -0.15) is 10.2 Å². The van der Waals surface area contributed by atoms with Gasteiger partial charge in [-0.1, -0.05) is 11.2 Å². The minimum Gasteiger partial charge on any atom is -0.333 e. The van der Waals surface area contributed by atoms with Crippen molar-refractivity contribution in [2.75, 3.05) is 0 Å². The Balaban J connectivity index is 1.97. The Labute approximate surface area is 114 Å². The van der Waals surface area contributed by atoms with E-state index in [2.05, 4.69) is 26.2 Å². The molecule has 0 bridgehead atoms. The first kappa shape index (κ1) is 12.0. The predicted octanol–water partition coefficient (Wildman–Crippen LogP) is 2.37. The number of nitrogens with zero attached hydrogens (tertiary/aromatic N) is 5. The molecule has 0 amide bonds. The van der Waals surface area contributed by atoms with E-state index in [-0.39, 0.29) is 0 Å². The molecule has 3 rings (SSSR count). The average molecular weight is 263 g/mol. The highest BCUT2D eigenvalue weighted by Crippen LogP contribution is 2.20. The maximum absolute atomic E-state index is 8.88. The average Bonchev–Trinajstić information content (AvgIpc) is 2.98. The maximum atomic E-state index is 8.88. The number of aromatic nitrogens is 4. The van der Waals surface area contributed by atoms with Gasteiger partial charge in [-0.25, -0.2) is 9.97 Å². The summed E-state index contributed by atoms with van der Waals surface area (Å²) in [5.74, 6) is 1.06. The van der Waals surface area contributed by atoms with Gasteiger partial charge in [0.15, 0.2) is 0 Å². The van der Waals surface area contributed by atoms with Gasteiger partial charge in [-0.15, -0.1) is 0 Å². The molecule has 0 fully saturated rings. The molecule has 1 aromatic carbocycles. The van der Waals surface area contributed by atoms with Crippen molar-refractivity contribution in [3.8, 4) is 29.2 Å². The minimum absolute atomic E-state index is 0.322. The Morgan fingerprint density at radius 3 is 2.70 bits per heavy atom. The van der Waals surface area contributed by atoms with Crippen LogP contribution in [0.4, 0.5) is 0 Å². The molecule has 96 valence electrons. The van der Waals surface area contributed by atoms with E-state index in [9.17, 15) is 0 Å². The molecule has 0 radical (unpaired) electrons. The summed E-state index contributed by atoms with van der Waals surface area (Å²) in [7, 11) is 0. The first-order valence-electron chi connectivity index (χ1n) is 5.89. The summed E-state index contributed by atoms with van der Waals surface area (Å²) in [6.07, 6.45) is 3.38. The molecule has 0 saturated carbocycles. The number of aryl methyl sites for hydroxylation is 1. The van der Waals surface area contributed by atoms with Crippen LogP contribution in [-0.2, 0) is 0 Å². The zero-order chi connectivity index (χ0) is 13.9. The predicted molar refractivity (Wildman–Crippen MR) is 70.2 cm³/mol. The second kappa shape index (κ2) is 4.90. The van der Waals surface area contributed by atoms with Crippen molar-refractivity contribution < 1.29 is 4.52 Å². The van der Waals surface area contributed by atoms with Crippen molar-refractivity contribution in [2.45, 2.75) is 6.92 Å². The fourth-order valence-corrected chi connectivity index (χ4v) is 1.66. The molecule has 0 aliphatic rings. The molecular formula is C14H9N5O. The van der Waals surface area contributed by atoms with Crippen molar-refractivity contribution in [3.63, 3.8) is 0 Å². The summed E-state index contributed by atoms with van der Waals surface area (Å²) in [5.41, 5.74) is 2.18. The van der Waals surface area contributed by atoms with Crippen molar-refractivity contribution in [1.82, 2.24) is 20.1 Å². The van der Waals surface area contributed by atoms with E-state index in [0.29, 0.717) is 28.7 Å². The van der Waals surface area contributed by atoms with Gasteiger partial charge in [0.05, 0.1) is 11.6 Å². The molecule has 0 saturated heterocycles. The second-order valence-corrected chi connectivity index (χ2v) is 4.20. The highest BCUT2D eigenvalue weighted by molar-refractivity contribution is 5.58. The molecule has 2 aromatic heterocycles. The van der Waals surface area contributed by atoms with Gasteiger partial charge in [0.25, 0.3) is 5.89 Å². The molecule has 0 N–H and O–H groups in total. The minimum atomic E-state index is 0.322. The third kappa shape index (κ3) is 2.24. The lowest BCUT2D eigenvalue weighted by atomic mass is 10.1. The first-order valence-corrected chi connectivity index (χ1v) is 5.89. The highest BCUT2D eigenvalue weighted by Gasteiger charge is 2.12. The van der Waals surface area contributed by atoms with E-state index in [0.717, 1.165) is 5.56 Å². The van der Waals surface area contributed by atoms with Gasteiger partial charge in [0.2, 0.25) is 11.6 Å². The van der Waals surface area contributed by atoms with Crippen LogP contribution in [0, 0.1) is 18.3 Å². The fraction of sp³-hybridized carbons (Fsp3) is 0.0714. The summed E-state index contributed by atoms with van der Waals surface area (Å²) < 4.78 is 5.18. The Kier molecular flexibility index (Phi) is 2.94. The Morgan fingerprint density at radius 2 is 1.95 bits per heavy atom. The van der Waals surface area contributed by atoms with Crippen molar-refractivity contribution in [2.24, 2.45) is 0 Å². The molecule has 0 aliphatic heterocycles. The molecule has 6 nitrogen and oxygen atoms in total. The van der Waals surface area contributed by atoms with E-state index in [1.54, 1.807) is 36.7 Å². The lowest BCUT2D eigenvalue weighted by molar-refractivity contribution is 0.432. The molecular weight excluding hydrogens is 254 g/mol. The second-order valence-electron chi connectivity index (χ2n) is 4.20. The molecule has 0 spiro atoms. The van der Waals surface area contributed by atoms with Gasteiger partial charge in [0, 0.05) is 18.0 Å². The van der Waals surface area contributed by atoms with Gasteiger partial charge in [0.1, 0.15) is 0 Å². The van der Waals surface area contributed by atoms with E-state index in [4.69, 9.17) is 9.78 Å². The largest absolute Gasteiger partial charge is 0.333 e. The molecule has 0 unspecified atom stereocenters. The molecule has 20 heavy (non-hydrogen) atoms. The summed E-state index contributed by atoms with van der Waals surface area (Å²) in [6.45, 7) is 1.90. The number of hydrogen-bond acceptors (Lipinski definition) is 6. The third-order valence-electron chi connectivity index (χ3n) is 2.65. The van der Waals surface area contributed by atoms with E-state index >= 15 is 0 Å². The first-order chi connectivity index (χ1) is 9.76. The lowest BCUT2D eigenvalue weighted by Gasteiger charge is -1.94. The van der Waals surface area contributed by atoms with Crippen molar-refractivity contribution in [1.29, 1.82) is 5.26 Å². The number of nitriles is 1. The molecule has 0 atom stereocenters. The summed E-state index contributed by atoms with van der Waals surface area (Å²) in [5, 5.41) is 12.7. The quantitative estimate of drug-likeness (QED) is 0.705. The van der Waals surface area contributed by atoms with Crippen LogP contribution < -0.4 is 0 Å². The zero-order valence-corrected chi connectivity index (χ0v) is 10.6. The van der Waals surface area contributed by atoms with Crippen LogP contribution in [0.2, 0.25) is 0 Å². The third-order valence-corrected chi connectivity index (χ3v) is 2.65. The Morgan fingerprint density at radius 1 is 1.15 bits per heavy atom. The van der Waals surface area contributed by atoms with Crippen molar-refractivity contribution >= 4 is 0 Å². The Hall–Kier alpha value is -3.07. The molecule has 6 heteroatoms. The maximum Gasteiger partial charge on any atom is 0.258 e. The van der Waals surface area contributed by atoms with Crippen LogP contribution in [0.3, 0.4) is 0 Å². The fourth-order valence-electron chi connectivity index (χ4n) is 1.66. The SMILES string of the molecule is Cc1cnc(-c2noc(-c3cccc(C#N)c3)n2)nc1. The van der Waals surface area contributed by atoms with Crippen LogP contribution >= 0.6 is 0 Å². The number of rotatable bonds is 2. The van der Waals surface area contributed by atoms with Crippen LogP contribution in [0.25, 0.3) is 23.1 Å². The monoisotopic (exact) mass is 263 g/mol. The zero-order valence-electron chi connectivity index (χ0n) is 10.6. The summed E-state index contributed by atoms with van der Waals surface area (Å²) in [4.78, 5) is 12.5. The van der Waals surface area contributed by atoms with Crippen molar-refractivity contribution in [3.05, 3.63) is 47.8 Å². The molecule has 0 aliphatic carbocycles. The van der Waals surface area contributed by atoms with Crippen LogP contribution in [0.1, 0.15) is 11.1 Å². The van der Waals surface area contributed by atoms with E-state index in [1.807, 2.05) is 6.92 Å². The normalized spacial score (nSPS) is 10.2. The highest BCUT2D eigenvalue weighted by atomic mass is 16.5. The summed E-state index contributed by atoms with van der Waals surface area (Å²) >= 11 is 0. The van der Waals surface area contributed by atoms with E-state index < -0.39 is 0 Å². The van der Waals surface area contributed by atoms with E-state index in [1.165, 1.54) is 0 Å². The van der Waals surface area contributed by atoms with Gasteiger partial charge < -0.3 is 4.52 Å². The molecule has 2 heterocycles. The lowest BCUT2D eigenvalue weighted by Crippen LogP contribution is -1.90. The topological polar surface area (TPSA) is 88.5 Å². The van der Waals surface area contributed by atoms with Gasteiger partial charge >= 0.3 is 0 Å². The number of benzene rings is 1. The van der Waals surface area contributed by atoms with Crippen LogP contribution in [0.15, 0.2) is 41.2 Å². The van der Waals surface area contributed by atoms with Crippen LogP contribution in [0.5, 0.6) is 0 Å². The Bertz CT molecular complexity index is 786. The van der Waals surface area contributed by atoms with Crippen LogP contribution in [-0.4, -0.2) is 20.1 Å². The van der Waals surface area contributed by atoms with Gasteiger partial charge in [-0.3, -0.25) is 0 Å². The molecule has 3 aromatic rings. The summed E-state index contributed by atoms with van der Waals surface area (Å²) in [6, 6.07) is 9.03. The standard InChI is InChI=1S/C14H9N5O/c1-9-7-16-12(17-8-9)13-18-14(20-19-13)11-4-2-3-10(5-11)6-15/h2-5,7-8H,1H3. The van der Waals surface area contributed by atoms with Gasteiger partial charge in [-0.05, 0) is 30.7 Å². The number of hydrogen-bond donors (Lipinski definition) is 0. The smallest absolute Gasteiger partial charge is 0.258 e.